The van der Waals surface area contributed by atoms with Crippen molar-refractivity contribution < 1.29 is 8.42 Å². The highest BCUT2D eigenvalue weighted by Crippen LogP contribution is 2.29. The molecule has 1 atom stereocenters. The van der Waals surface area contributed by atoms with Crippen molar-refractivity contribution in [2.45, 2.75) is 19.8 Å². The van der Waals surface area contributed by atoms with Crippen molar-refractivity contribution in [1.29, 1.82) is 0 Å². The van der Waals surface area contributed by atoms with Gasteiger partial charge in [0.25, 0.3) is 0 Å². The first-order valence-corrected chi connectivity index (χ1v) is 11.4. The lowest BCUT2D eigenvalue weighted by Gasteiger charge is -2.22. The monoisotopic (exact) mass is 451 g/mol. The predicted molar refractivity (Wildman–Crippen MR) is 119 cm³/mol. The molecular formula is C19H22ClN5O2S2. The van der Waals surface area contributed by atoms with Gasteiger partial charge in [-0.15, -0.1) is 0 Å². The normalized spacial score (nSPS) is 16.8. The summed E-state index contributed by atoms with van der Waals surface area (Å²) < 4.78 is 28.8. The molecule has 0 saturated carbocycles. The standard InChI is InChI=1S/C19H22ClN5O2S2/c1-3-24(4-2)29(26,27)23-19(28)25-13-17(14-9-11-21-12-10-14)18(22-25)15-5-7-16(20)8-6-15/h5-12,17H,3-4,13H2,1-2H3,(H,23,28). The zero-order chi connectivity index (χ0) is 21.0. The van der Waals surface area contributed by atoms with Crippen LogP contribution in [0, 0.1) is 0 Å². The van der Waals surface area contributed by atoms with Gasteiger partial charge in [-0.2, -0.15) is 17.8 Å². The second-order valence-electron chi connectivity index (χ2n) is 6.40. The number of nitrogens with zero attached hydrogens (tertiary/aromatic N) is 4. The molecule has 3 rings (SSSR count). The van der Waals surface area contributed by atoms with Crippen LogP contribution in [0.25, 0.3) is 0 Å². The van der Waals surface area contributed by atoms with Crippen LogP contribution in [0.15, 0.2) is 53.9 Å². The molecule has 0 bridgehead atoms. The Hall–Kier alpha value is -2.07. The highest BCUT2D eigenvalue weighted by molar-refractivity contribution is 7.89. The summed E-state index contributed by atoms with van der Waals surface area (Å²) in [6.07, 6.45) is 3.44. The van der Waals surface area contributed by atoms with E-state index in [1.165, 1.54) is 9.31 Å². The van der Waals surface area contributed by atoms with Gasteiger partial charge in [-0.05, 0) is 47.6 Å². The molecule has 0 spiro atoms. The molecule has 0 radical (unpaired) electrons. The fraction of sp³-hybridized carbons (Fsp3) is 0.316. The van der Waals surface area contributed by atoms with E-state index in [4.69, 9.17) is 23.8 Å². The zero-order valence-electron chi connectivity index (χ0n) is 16.1. The van der Waals surface area contributed by atoms with E-state index in [2.05, 4.69) is 14.8 Å². The number of pyridine rings is 1. The van der Waals surface area contributed by atoms with Gasteiger partial charge in [0.15, 0.2) is 0 Å². The first-order valence-electron chi connectivity index (χ1n) is 9.19. The highest BCUT2D eigenvalue weighted by atomic mass is 35.5. The molecule has 2 aromatic rings. The molecule has 1 aromatic carbocycles. The average Bonchev–Trinajstić information content (AvgIpc) is 3.15. The summed E-state index contributed by atoms with van der Waals surface area (Å²) in [6, 6.07) is 11.2. The molecule has 7 nitrogen and oxygen atoms in total. The summed E-state index contributed by atoms with van der Waals surface area (Å²) in [4.78, 5) is 4.07. The van der Waals surface area contributed by atoms with E-state index < -0.39 is 10.2 Å². The van der Waals surface area contributed by atoms with E-state index in [1.54, 1.807) is 38.4 Å². The highest BCUT2D eigenvalue weighted by Gasteiger charge is 2.32. The molecule has 2 heterocycles. The third kappa shape index (κ3) is 4.92. The van der Waals surface area contributed by atoms with Crippen LogP contribution in [-0.2, 0) is 10.2 Å². The van der Waals surface area contributed by atoms with Crippen molar-refractivity contribution in [2.75, 3.05) is 19.6 Å². The van der Waals surface area contributed by atoms with Crippen molar-refractivity contribution in [1.82, 2.24) is 19.0 Å². The number of nitrogens with one attached hydrogen (secondary N) is 1. The topological polar surface area (TPSA) is 77.9 Å². The minimum atomic E-state index is -3.73. The van der Waals surface area contributed by atoms with Crippen molar-refractivity contribution in [2.24, 2.45) is 5.10 Å². The lowest BCUT2D eigenvalue weighted by molar-refractivity contribution is 0.433. The van der Waals surface area contributed by atoms with E-state index in [0.29, 0.717) is 24.7 Å². The smallest absolute Gasteiger partial charge is 0.265 e. The first-order chi connectivity index (χ1) is 13.9. The average molecular weight is 452 g/mol. The number of thiocarbonyl (C=S) groups is 1. The van der Waals surface area contributed by atoms with Crippen LogP contribution in [0.2, 0.25) is 5.02 Å². The fourth-order valence-electron chi connectivity index (χ4n) is 3.16. The molecule has 1 aliphatic rings. The van der Waals surface area contributed by atoms with E-state index in [9.17, 15) is 8.42 Å². The van der Waals surface area contributed by atoms with Gasteiger partial charge in [0.2, 0.25) is 5.11 Å². The molecular weight excluding hydrogens is 430 g/mol. The Kier molecular flexibility index (Phi) is 6.84. The minimum Gasteiger partial charge on any atom is -0.265 e. The van der Waals surface area contributed by atoms with Gasteiger partial charge in [0.1, 0.15) is 0 Å². The molecule has 1 N–H and O–H groups in total. The maximum absolute atomic E-state index is 12.5. The van der Waals surface area contributed by atoms with Crippen LogP contribution < -0.4 is 4.72 Å². The number of hydrogen-bond donors (Lipinski definition) is 1. The molecule has 1 aliphatic heterocycles. The van der Waals surface area contributed by atoms with E-state index >= 15 is 0 Å². The molecule has 0 saturated heterocycles. The van der Waals surface area contributed by atoms with Gasteiger partial charge in [0, 0.05) is 36.4 Å². The number of benzene rings is 1. The largest absolute Gasteiger partial charge is 0.303 e. The Morgan fingerprint density at radius 2 is 1.83 bits per heavy atom. The Morgan fingerprint density at radius 3 is 2.41 bits per heavy atom. The number of rotatable bonds is 6. The Morgan fingerprint density at radius 1 is 1.21 bits per heavy atom. The summed E-state index contributed by atoms with van der Waals surface area (Å²) in [5.74, 6) is -0.0879. The Balaban J connectivity index is 1.90. The lowest BCUT2D eigenvalue weighted by Crippen LogP contribution is -2.47. The predicted octanol–water partition coefficient (Wildman–Crippen LogP) is 3.00. The number of hydrogen-bond acceptors (Lipinski definition) is 5. The summed E-state index contributed by atoms with van der Waals surface area (Å²) in [7, 11) is -3.73. The SMILES string of the molecule is CCN(CC)S(=O)(=O)NC(=S)N1CC(c2ccncc2)C(c2ccc(Cl)cc2)=N1. The minimum absolute atomic E-state index is 0.0416. The van der Waals surface area contributed by atoms with E-state index in [-0.39, 0.29) is 11.0 Å². The van der Waals surface area contributed by atoms with Crippen molar-refractivity contribution in [3.8, 4) is 0 Å². The zero-order valence-corrected chi connectivity index (χ0v) is 18.5. The Bertz CT molecular complexity index is 993. The van der Waals surface area contributed by atoms with Gasteiger partial charge < -0.3 is 0 Å². The molecule has 154 valence electrons. The molecule has 1 unspecified atom stereocenters. The van der Waals surface area contributed by atoms with Crippen LogP contribution in [0.5, 0.6) is 0 Å². The Labute approximate surface area is 181 Å². The van der Waals surface area contributed by atoms with Gasteiger partial charge >= 0.3 is 10.2 Å². The van der Waals surface area contributed by atoms with Crippen LogP contribution in [0.4, 0.5) is 0 Å². The number of halogens is 1. The van der Waals surface area contributed by atoms with Crippen LogP contribution in [0.1, 0.15) is 30.9 Å². The van der Waals surface area contributed by atoms with Crippen LogP contribution in [0.3, 0.4) is 0 Å². The molecule has 1 aromatic heterocycles. The molecule has 29 heavy (non-hydrogen) atoms. The number of aromatic nitrogens is 1. The summed E-state index contributed by atoms with van der Waals surface area (Å²) in [5.41, 5.74) is 2.70. The summed E-state index contributed by atoms with van der Waals surface area (Å²) in [6.45, 7) is 4.68. The van der Waals surface area contributed by atoms with Crippen molar-refractivity contribution >= 4 is 44.9 Å². The van der Waals surface area contributed by atoms with E-state index in [0.717, 1.165) is 16.8 Å². The molecule has 0 amide bonds. The molecule has 0 aliphatic carbocycles. The van der Waals surface area contributed by atoms with Crippen LogP contribution >= 0.6 is 23.8 Å². The maximum atomic E-state index is 12.5. The second kappa shape index (κ2) is 9.17. The third-order valence-electron chi connectivity index (χ3n) is 4.66. The summed E-state index contributed by atoms with van der Waals surface area (Å²) >= 11 is 11.4. The van der Waals surface area contributed by atoms with Gasteiger partial charge in [-0.25, -0.2) is 9.73 Å². The van der Waals surface area contributed by atoms with Gasteiger partial charge in [-0.3, -0.25) is 4.98 Å². The second-order valence-corrected chi connectivity index (χ2v) is 8.90. The lowest BCUT2D eigenvalue weighted by atomic mass is 9.91. The fourth-order valence-corrected chi connectivity index (χ4v) is 4.85. The van der Waals surface area contributed by atoms with Gasteiger partial charge in [0.05, 0.1) is 12.3 Å². The first kappa shape index (κ1) is 21.6. The third-order valence-corrected chi connectivity index (χ3v) is 7.00. The van der Waals surface area contributed by atoms with E-state index in [1.807, 2.05) is 24.3 Å². The number of hydrazone groups is 1. The molecule has 10 heteroatoms. The van der Waals surface area contributed by atoms with Crippen molar-refractivity contribution in [3.05, 3.63) is 64.9 Å². The van der Waals surface area contributed by atoms with Crippen LogP contribution in [-0.4, -0.2) is 53.2 Å². The van der Waals surface area contributed by atoms with Gasteiger partial charge in [-0.1, -0.05) is 37.6 Å². The summed E-state index contributed by atoms with van der Waals surface area (Å²) in [5, 5.41) is 6.83. The molecule has 0 fully saturated rings. The maximum Gasteiger partial charge on any atom is 0.303 e. The quantitative estimate of drug-likeness (QED) is 0.683. The van der Waals surface area contributed by atoms with Crippen molar-refractivity contribution in [3.63, 3.8) is 0 Å².